The lowest BCUT2D eigenvalue weighted by molar-refractivity contribution is -0.117. The Labute approximate surface area is 93.1 Å². The second-order valence-corrected chi connectivity index (χ2v) is 3.66. The Morgan fingerprint density at radius 2 is 2.00 bits per heavy atom. The first-order valence-electron chi connectivity index (χ1n) is 5.06. The van der Waals surface area contributed by atoms with Crippen molar-refractivity contribution in [3.8, 4) is 0 Å². The molecule has 0 spiro atoms. The highest BCUT2D eigenvalue weighted by atomic mass is 19.1. The fourth-order valence-corrected chi connectivity index (χ4v) is 1.72. The molecule has 0 heterocycles. The quantitative estimate of drug-likeness (QED) is 0.823. The molecule has 0 radical (unpaired) electrons. The van der Waals surface area contributed by atoms with E-state index in [1.807, 2.05) is 43.3 Å². The average molecular weight is 217 g/mol. The van der Waals surface area contributed by atoms with Crippen molar-refractivity contribution in [1.29, 1.82) is 0 Å². The van der Waals surface area contributed by atoms with Gasteiger partial charge in [-0.2, -0.15) is 0 Å². The third-order valence-electron chi connectivity index (χ3n) is 2.52. The third-order valence-corrected chi connectivity index (χ3v) is 2.52. The summed E-state index contributed by atoms with van der Waals surface area (Å²) in [5.41, 5.74) is 1.63. The van der Waals surface area contributed by atoms with Gasteiger partial charge < -0.3 is 5.32 Å². The van der Waals surface area contributed by atoms with Gasteiger partial charge in [0.05, 0.1) is 5.69 Å². The van der Waals surface area contributed by atoms with Gasteiger partial charge in [0.2, 0.25) is 0 Å². The summed E-state index contributed by atoms with van der Waals surface area (Å²) >= 11 is 0. The number of amides is 1. The van der Waals surface area contributed by atoms with E-state index in [2.05, 4.69) is 5.32 Å². The molecule has 1 N–H and O–H groups in total. The lowest BCUT2D eigenvalue weighted by Crippen LogP contribution is -2.14. The zero-order chi connectivity index (χ0) is 11.5. The summed E-state index contributed by atoms with van der Waals surface area (Å²) in [6.07, 6.45) is 0. The van der Waals surface area contributed by atoms with E-state index in [0.29, 0.717) is 5.69 Å². The van der Waals surface area contributed by atoms with Crippen LogP contribution in [0.5, 0.6) is 0 Å². The monoisotopic (exact) mass is 217 g/mol. The van der Waals surface area contributed by atoms with Gasteiger partial charge in [-0.3, -0.25) is 4.79 Å². The summed E-state index contributed by atoms with van der Waals surface area (Å²) in [5, 5.41) is 4.55. The first-order chi connectivity index (χ1) is 7.72. The molecule has 0 unspecified atom stereocenters. The van der Waals surface area contributed by atoms with Crippen molar-refractivity contribution < 1.29 is 9.18 Å². The number of alkyl halides is 1. The number of nitrogens with one attached hydrogen (secondary N) is 1. The predicted octanol–water partition coefficient (Wildman–Crippen LogP) is 3.06. The Kier molecular flexibility index (Phi) is 2.86. The first kappa shape index (κ1) is 10.6. The SMILES string of the molecule is Cc1ccc2ccccc2c1NC(=O)CF. The van der Waals surface area contributed by atoms with Crippen molar-refractivity contribution >= 4 is 22.4 Å². The van der Waals surface area contributed by atoms with Crippen LogP contribution >= 0.6 is 0 Å². The molecule has 0 aliphatic carbocycles. The number of benzene rings is 2. The summed E-state index contributed by atoms with van der Waals surface area (Å²) in [6.45, 7) is 0.892. The Bertz CT molecular complexity index is 536. The zero-order valence-electron chi connectivity index (χ0n) is 8.96. The van der Waals surface area contributed by atoms with E-state index in [4.69, 9.17) is 0 Å². The molecule has 0 fully saturated rings. The lowest BCUT2D eigenvalue weighted by Gasteiger charge is -2.10. The molecule has 2 rings (SSSR count). The van der Waals surface area contributed by atoms with Crippen LogP contribution in [0.1, 0.15) is 5.56 Å². The molecular formula is C13H12FNO. The highest BCUT2D eigenvalue weighted by molar-refractivity contribution is 6.03. The Morgan fingerprint density at radius 1 is 1.25 bits per heavy atom. The average Bonchev–Trinajstić information content (AvgIpc) is 2.32. The van der Waals surface area contributed by atoms with E-state index in [9.17, 15) is 9.18 Å². The van der Waals surface area contributed by atoms with E-state index in [-0.39, 0.29) is 0 Å². The molecule has 2 aromatic rings. The molecule has 2 aromatic carbocycles. The van der Waals surface area contributed by atoms with Gasteiger partial charge in [0, 0.05) is 5.39 Å². The standard InChI is InChI=1S/C13H12FNO/c1-9-6-7-10-4-2-3-5-11(10)13(9)15-12(16)8-14/h2-7H,8H2,1H3,(H,15,16). The topological polar surface area (TPSA) is 29.1 Å². The Hall–Kier alpha value is -1.90. The van der Waals surface area contributed by atoms with E-state index in [1.54, 1.807) is 0 Å². The van der Waals surface area contributed by atoms with Crippen molar-refractivity contribution in [2.75, 3.05) is 12.0 Å². The smallest absolute Gasteiger partial charge is 0.255 e. The van der Waals surface area contributed by atoms with Gasteiger partial charge in [-0.05, 0) is 17.9 Å². The number of carbonyl (C=O) groups is 1. The van der Waals surface area contributed by atoms with Gasteiger partial charge in [0.15, 0.2) is 6.67 Å². The van der Waals surface area contributed by atoms with Crippen LogP contribution in [0.25, 0.3) is 10.8 Å². The fraction of sp³-hybridized carbons (Fsp3) is 0.154. The first-order valence-corrected chi connectivity index (χ1v) is 5.06. The van der Waals surface area contributed by atoms with Crippen LogP contribution in [0, 0.1) is 6.92 Å². The second-order valence-electron chi connectivity index (χ2n) is 3.66. The maximum absolute atomic E-state index is 12.2. The predicted molar refractivity (Wildman–Crippen MR) is 63.3 cm³/mol. The summed E-state index contributed by atoms with van der Waals surface area (Å²) < 4.78 is 12.2. The number of fused-ring (bicyclic) bond motifs is 1. The van der Waals surface area contributed by atoms with Crippen molar-refractivity contribution in [3.63, 3.8) is 0 Å². The molecule has 0 aromatic heterocycles. The second kappa shape index (κ2) is 4.31. The normalized spacial score (nSPS) is 10.4. The van der Waals surface area contributed by atoms with Crippen molar-refractivity contribution in [1.82, 2.24) is 0 Å². The summed E-state index contributed by atoms with van der Waals surface area (Å²) in [7, 11) is 0. The van der Waals surface area contributed by atoms with Crippen LogP contribution in [0.4, 0.5) is 10.1 Å². The number of hydrogen-bond acceptors (Lipinski definition) is 1. The highest BCUT2D eigenvalue weighted by Gasteiger charge is 2.07. The maximum atomic E-state index is 12.2. The minimum absolute atomic E-state index is 0.612. The molecule has 3 heteroatoms. The fourth-order valence-electron chi connectivity index (χ4n) is 1.72. The zero-order valence-corrected chi connectivity index (χ0v) is 8.96. The molecule has 0 bridgehead atoms. The number of hydrogen-bond donors (Lipinski definition) is 1. The summed E-state index contributed by atoms with van der Waals surface area (Å²) in [6, 6.07) is 11.6. The van der Waals surface area contributed by atoms with Crippen LogP contribution in [-0.2, 0) is 4.79 Å². The Balaban J connectivity index is 2.57. The molecule has 82 valence electrons. The summed E-state index contributed by atoms with van der Waals surface area (Å²) in [4.78, 5) is 11.1. The van der Waals surface area contributed by atoms with Crippen molar-refractivity contribution in [2.45, 2.75) is 6.92 Å². The van der Waals surface area contributed by atoms with Gasteiger partial charge in [-0.1, -0.05) is 36.4 Å². The molecule has 1 amide bonds. The molecule has 0 saturated heterocycles. The van der Waals surface area contributed by atoms with Gasteiger partial charge in [0.1, 0.15) is 0 Å². The number of anilines is 1. The van der Waals surface area contributed by atoms with Gasteiger partial charge in [-0.15, -0.1) is 0 Å². The van der Waals surface area contributed by atoms with Gasteiger partial charge >= 0.3 is 0 Å². The summed E-state index contributed by atoms with van der Waals surface area (Å²) in [5.74, 6) is -0.612. The maximum Gasteiger partial charge on any atom is 0.255 e. The van der Waals surface area contributed by atoms with E-state index < -0.39 is 12.6 Å². The number of halogens is 1. The van der Waals surface area contributed by atoms with E-state index in [1.165, 1.54) is 0 Å². The molecule has 0 saturated carbocycles. The van der Waals surface area contributed by atoms with Crippen molar-refractivity contribution in [3.05, 3.63) is 42.0 Å². The van der Waals surface area contributed by atoms with Crippen LogP contribution in [0.15, 0.2) is 36.4 Å². The molecule has 0 aliphatic rings. The molecule has 0 atom stereocenters. The van der Waals surface area contributed by atoms with E-state index >= 15 is 0 Å². The van der Waals surface area contributed by atoms with Crippen LogP contribution in [0.3, 0.4) is 0 Å². The highest BCUT2D eigenvalue weighted by Crippen LogP contribution is 2.26. The lowest BCUT2D eigenvalue weighted by atomic mass is 10.0. The van der Waals surface area contributed by atoms with Crippen molar-refractivity contribution in [2.24, 2.45) is 0 Å². The van der Waals surface area contributed by atoms with Crippen LogP contribution in [-0.4, -0.2) is 12.6 Å². The third kappa shape index (κ3) is 1.89. The largest absolute Gasteiger partial charge is 0.323 e. The molecule has 16 heavy (non-hydrogen) atoms. The van der Waals surface area contributed by atoms with E-state index in [0.717, 1.165) is 16.3 Å². The molecule has 0 aliphatic heterocycles. The molecule has 2 nitrogen and oxygen atoms in total. The Morgan fingerprint density at radius 3 is 2.75 bits per heavy atom. The van der Waals surface area contributed by atoms with Crippen LogP contribution < -0.4 is 5.32 Å². The number of aryl methyl sites for hydroxylation is 1. The van der Waals surface area contributed by atoms with Gasteiger partial charge in [-0.25, -0.2) is 4.39 Å². The minimum atomic E-state index is -0.997. The van der Waals surface area contributed by atoms with Gasteiger partial charge in [0.25, 0.3) is 5.91 Å². The number of carbonyl (C=O) groups excluding carboxylic acids is 1. The van der Waals surface area contributed by atoms with Crippen LogP contribution in [0.2, 0.25) is 0 Å². The molecular weight excluding hydrogens is 205 g/mol. The minimum Gasteiger partial charge on any atom is -0.323 e. The number of rotatable bonds is 2.